The SMILES string of the molecule is C1CCOC1.O=C(C=CCl)Oc1ccco1. The highest BCUT2D eigenvalue weighted by Crippen LogP contribution is 2.09. The summed E-state index contributed by atoms with van der Waals surface area (Å²) in [5.74, 6) is -0.403. The molecule has 5 heteroatoms. The van der Waals surface area contributed by atoms with Crippen LogP contribution in [-0.4, -0.2) is 19.2 Å². The second-order valence-electron chi connectivity index (χ2n) is 2.97. The van der Waals surface area contributed by atoms with E-state index in [4.69, 9.17) is 20.8 Å². The zero-order valence-electron chi connectivity index (χ0n) is 8.73. The van der Waals surface area contributed by atoms with E-state index in [9.17, 15) is 4.79 Å². The third-order valence-electron chi connectivity index (χ3n) is 1.72. The summed E-state index contributed by atoms with van der Waals surface area (Å²) in [5.41, 5.74) is 1.07. The topological polar surface area (TPSA) is 48.7 Å². The highest BCUT2D eigenvalue weighted by molar-refractivity contribution is 6.26. The van der Waals surface area contributed by atoms with Gasteiger partial charge in [0, 0.05) is 30.9 Å². The van der Waals surface area contributed by atoms with E-state index in [1.807, 2.05) is 0 Å². The first-order chi connectivity index (χ1) is 7.83. The summed E-state index contributed by atoms with van der Waals surface area (Å²) in [6.07, 6.45) is 5.05. The molecule has 0 atom stereocenters. The zero-order valence-corrected chi connectivity index (χ0v) is 9.48. The number of hydrogen-bond donors (Lipinski definition) is 0. The predicted octanol–water partition coefficient (Wildman–Crippen LogP) is 2.73. The smallest absolute Gasteiger partial charge is 0.339 e. The Bertz CT molecular complexity index is 307. The van der Waals surface area contributed by atoms with E-state index in [0.717, 1.165) is 24.8 Å². The maximum absolute atomic E-state index is 10.7. The van der Waals surface area contributed by atoms with Gasteiger partial charge in [0.05, 0.1) is 6.26 Å². The number of rotatable bonds is 2. The van der Waals surface area contributed by atoms with Crippen LogP contribution < -0.4 is 4.74 Å². The minimum atomic E-state index is -0.560. The van der Waals surface area contributed by atoms with Crippen molar-refractivity contribution in [2.45, 2.75) is 12.8 Å². The summed E-state index contributed by atoms with van der Waals surface area (Å²) in [6.45, 7) is 2.00. The highest BCUT2D eigenvalue weighted by atomic mass is 35.5. The van der Waals surface area contributed by atoms with Gasteiger partial charge in [-0.15, -0.1) is 0 Å². The normalized spacial score (nSPS) is 14.6. The molecule has 1 saturated heterocycles. The minimum Gasteiger partial charge on any atom is -0.434 e. The lowest BCUT2D eigenvalue weighted by Crippen LogP contribution is -2.01. The van der Waals surface area contributed by atoms with Gasteiger partial charge in [0.1, 0.15) is 0 Å². The minimum absolute atomic E-state index is 0.157. The fourth-order valence-corrected chi connectivity index (χ4v) is 1.12. The van der Waals surface area contributed by atoms with E-state index < -0.39 is 5.97 Å². The summed E-state index contributed by atoms with van der Waals surface area (Å²) in [6, 6.07) is 3.15. The Morgan fingerprint density at radius 2 is 2.19 bits per heavy atom. The maximum Gasteiger partial charge on any atom is 0.339 e. The van der Waals surface area contributed by atoms with Gasteiger partial charge in [-0.1, -0.05) is 11.6 Å². The molecule has 1 fully saturated rings. The molecule has 16 heavy (non-hydrogen) atoms. The van der Waals surface area contributed by atoms with Gasteiger partial charge in [-0.2, -0.15) is 0 Å². The van der Waals surface area contributed by atoms with E-state index in [1.165, 1.54) is 25.2 Å². The molecule has 88 valence electrons. The molecule has 0 unspecified atom stereocenters. The highest BCUT2D eigenvalue weighted by Gasteiger charge is 2.00. The molecule has 1 aromatic heterocycles. The lowest BCUT2D eigenvalue weighted by atomic mass is 10.4. The average molecular weight is 245 g/mol. The number of esters is 1. The lowest BCUT2D eigenvalue weighted by molar-refractivity contribution is -0.130. The van der Waals surface area contributed by atoms with Crippen LogP contribution in [0.15, 0.2) is 34.4 Å². The van der Waals surface area contributed by atoms with Crippen molar-refractivity contribution in [2.75, 3.05) is 13.2 Å². The quantitative estimate of drug-likeness (QED) is 0.593. The van der Waals surface area contributed by atoms with Gasteiger partial charge in [-0.3, -0.25) is 0 Å². The molecule has 2 rings (SSSR count). The van der Waals surface area contributed by atoms with Crippen LogP contribution in [-0.2, 0) is 9.53 Å². The van der Waals surface area contributed by atoms with Gasteiger partial charge in [-0.05, 0) is 18.9 Å². The summed E-state index contributed by atoms with van der Waals surface area (Å²) < 4.78 is 14.3. The molecule has 4 nitrogen and oxygen atoms in total. The van der Waals surface area contributed by atoms with Crippen LogP contribution in [0.3, 0.4) is 0 Å². The van der Waals surface area contributed by atoms with Crippen LogP contribution in [0.5, 0.6) is 5.95 Å². The van der Waals surface area contributed by atoms with Crippen molar-refractivity contribution in [3.05, 3.63) is 30.0 Å². The summed E-state index contributed by atoms with van der Waals surface area (Å²) in [7, 11) is 0. The summed E-state index contributed by atoms with van der Waals surface area (Å²) in [5, 5.41) is 0. The van der Waals surface area contributed by atoms with Crippen molar-refractivity contribution in [3.8, 4) is 5.95 Å². The van der Waals surface area contributed by atoms with Crippen molar-refractivity contribution < 1.29 is 18.7 Å². The van der Waals surface area contributed by atoms with Crippen molar-refractivity contribution in [1.29, 1.82) is 0 Å². The Balaban J connectivity index is 0.000000212. The molecule has 1 aromatic rings. The molecular formula is C11H13ClO4. The third kappa shape index (κ3) is 5.58. The molecule has 0 aromatic carbocycles. The average Bonchev–Trinajstić information content (AvgIpc) is 2.92. The summed E-state index contributed by atoms with van der Waals surface area (Å²) in [4.78, 5) is 10.7. The molecule has 1 aliphatic heterocycles. The van der Waals surface area contributed by atoms with Crippen LogP contribution in [0.4, 0.5) is 0 Å². The van der Waals surface area contributed by atoms with Crippen molar-refractivity contribution in [2.24, 2.45) is 0 Å². The monoisotopic (exact) mass is 244 g/mol. The number of carbonyl (C=O) groups is 1. The fraction of sp³-hybridized carbons (Fsp3) is 0.364. The van der Waals surface area contributed by atoms with Crippen molar-refractivity contribution >= 4 is 17.6 Å². The Morgan fingerprint density at radius 1 is 1.44 bits per heavy atom. The molecule has 0 N–H and O–H groups in total. The number of ether oxygens (including phenoxy) is 2. The Kier molecular flexibility index (Phi) is 6.37. The first-order valence-corrected chi connectivity index (χ1v) is 5.36. The molecular weight excluding hydrogens is 232 g/mol. The lowest BCUT2D eigenvalue weighted by Gasteiger charge is -1.92. The number of furan rings is 1. The van der Waals surface area contributed by atoms with Crippen molar-refractivity contribution in [1.82, 2.24) is 0 Å². The van der Waals surface area contributed by atoms with Gasteiger partial charge < -0.3 is 13.9 Å². The second-order valence-corrected chi connectivity index (χ2v) is 3.22. The molecule has 0 aliphatic carbocycles. The molecule has 1 aliphatic rings. The summed E-state index contributed by atoms with van der Waals surface area (Å²) >= 11 is 5.12. The zero-order chi connectivity index (χ0) is 11.6. The van der Waals surface area contributed by atoms with Gasteiger partial charge in [0.25, 0.3) is 5.95 Å². The Morgan fingerprint density at radius 3 is 2.62 bits per heavy atom. The number of hydrogen-bond acceptors (Lipinski definition) is 4. The molecule has 0 bridgehead atoms. The first-order valence-electron chi connectivity index (χ1n) is 4.93. The third-order valence-corrected chi connectivity index (χ3v) is 1.85. The van der Waals surface area contributed by atoms with Crippen LogP contribution in [0, 0.1) is 0 Å². The van der Waals surface area contributed by atoms with Crippen LogP contribution >= 0.6 is 11.6 Å². The van der Waals surface area contributed by atoms with Gasteiger partial charge in [-0.25, -0.2) is 4.79 Å². The van der Waals surface area contributed by atoms with E-state index in [1.54, 1.807) is 6.07 Å². The van der Waals surface area contributed by atoms with E-state index in [2.05, 4.69) is 4.74 Å². The van der Waals surface area contributed by atoms with Gasteiger partial charge in [0.2, 0.25) is 0 Å². The first kappa shape index (κ1) is 12.8. The van der Waals surface area contributed by atoms with Gasteiger partial charge in [0.15, 0.2) is 0 Å². The second kappa shape index (κ2) is 7.96. The molecule has 0 radical (unpaired) electrons. The van der Waals surface area contributed by atoms with E-state index in [0.29, 0.717) is 0 Å². The van der Waals surface area contributed by atoms with E-state index in [-0.39, 0.29) is 5.95 Å². The molecule has 0 amide bonds. The fourth-order valence-electron chi connectivity index (χ4n) is 1.02. The number of carbonyl (C=O) groups excluding carboxylic acids is 1. The van der Waals surface area contributed by atoms with Crippen LogP contribution in [0.25, 0.3) is 0 Å². The maximum atomic E-state index is 10.7. The standard InChI is InChI=1S/C7H5ClO3.C4H8O/c8-4-3-6(9)11-7-2-1-5-10-7;1-2-4-5-3-1/h1-5H;1-4H2. The Hall–Kier alpha value is -1.26. The van der Waals surface area contributed by atoms with E-state index >= 15 is 0 Å². The largest absolute Gasteiger partial charge is 0.434 e. The molecule has 0 saturated carbocycles. The number of halogens is 1. The van der Waals surface area contributed by atoms with Crippen LogP contribution in [0.2, 0.25) is 0 Å². The van der Waals surface area contributed by atoms with Crippen LogP contribution in [0.1, 0.15) is 12.8 Å². The van der Waals surface area contributed by atoms with Gasteiger partial charge >= 0.3 is 5.97 Å². The Labute approximate surface area is 98.8 Å². The molecule has 2 heterocycles. The van der Waals surface area contributed by atoms with Crippen molar-refractivity contribution in [3.63, 3.8) is 0 Å². The molecule has 0 spiro atoms. The predicted molar refractivity (Wildman–Crippen MR) is 59.4 cm³/mol.